The third kappa shape index (κ3) is 11.6. The number of carbonyl (C=O) groups excluding carboxylic acids is 5. The second-order valence-electron chi connectivity index (χ2n) is 15.9. The summed E-state index contributed by atoms with van der Waals surface area (Å²) in [6, 6.07) is 17.0. The van der Waals surface area contributed by atoms with Gasteiger partial charge < -0.3 is 44.5 Å². The van der Waals surface area contributed by atoms with Crippen molar-refractivity contribution >= 4 is 58.5 Å². The van der Waals surface area contributed by atoms with Gasteiger partial charge in [-0.1, -0.05) is 24.3 Å². The highest BCUT2D eigenvalue weighted by atomic mass is 32.2. The number of thioether (sulfide) groups is 1. The third-order valence-corrected chi connectivity index (χ3v) is 12.6. The molecule has 0 radical (unpaired) electrons. The van der Waals surface area contributed by atoms with E-state index >= 15 is 0 Å². The average molecular weight is 936 g/mol. The van der Waals surface area contributed by atoms with Crippen LogP contribution in [0.25, 0.3) is 16.8 Å². The molecule has 67 heavy (non-hydrogen) atoms. The second-order valence-corrected chi connectivity index (χ2v) is 17.0. The Bertz CT molecular complexity index is 2540. The minimum absolute atomic E-state index is 0.0951. The van der Waals surface area contributed by atoms with Crippen LogP contribution in [0.3, 0.4) is 0 Å². The standard InChI is InChI=1S/C47H53N9O10S/c48-43-42-41(31-9-11-32(12-10-31)45(59)51-38-8-1-2-15-49-38)53-44(55(42)18-16-50-43)35-6-4-17-54(35)40(58)30-66-26-25-64-22-21-62-19-20-63-23-24-65-27-28-67-37-7-3-5-33-34(37)29-56(47(33)61)36-13-14-39(57)52-46(36)60/h1-3,5,7-12,15-16,18,35-36H,4,6,13-14,17,19-30H2,(H2,48,50)(H,49,51,59)(H,52,57,60)/t35-,36?/m0/s1. The highest BCUT2D eigenvalue weighted by Gasteiger charge is 2.40. The lowest BCUT2D eigenvalue weighted by Crippen LogP contribution is -2.52. The number of nitrogen functional groups attached to an aromatic ring is 1. The molecule has 5 amide bonds. The topological polar surface area (TPSA) is 231 Å². The predicted octanol–water partition coefficient (Wildman–Crippen LogP) is 3.93. The minimum Gasteiger partial charge on any atom is -0.382 e. The molecule has 20 heteroatoms. The molecule has 3 aromatic heterocycles. The van der Waals surface area contributed by atoms with Crippen LogP contribution in [0.5, 0.6) is 0 Å². The first-order valence-corrected chi connectivity index (χ1v) is 23.3. The number of piperidine rings is 1. The normalized spacial score (nSPS) is 17.0. The number of fused-ring (bicyclic) bond motifs is 2. The number of ether oxygens (including phenoxy) is 5. The number of imide groups is 1. The molecular weight excluding hydrogens is 883 g/mol. The van der Waals surface area contributed by atoms with Crippen LogP contribution in [-0.2, 0) is 44.6 Å². The van der Waals surface area contributed by atoms with E-state index < -0.39 is 11.9 Å². The number of nitrogens with zero attached hydrogens (tertiary/aromatic N) is 6. The molecule has 2 saturated heterocycles. The predicted molar refractivity (Wildman–Crippen MR) is 246 cm³/mol. The molecule has 3 aliphatic rings. The smallest absolute Gasteiger partial charge is 0.256 e. The SMILES string of the molecule is Nc1nccn2c([C@@H]3CCCN3C(=O)COCCOCCOCCOCCOCCSc3cccc4c3CN(C3CCC(=O)NC3=O)C4=O)nc(-c3ccc(C(=O)Nc4ccccn4)cc3)c12. The molecule has 2 aromatic carbocycles. The van der Waals surface area contributed by atoms with Gasteiger partial charge in [0, 0.05) is 65.4 Å². The zero-order valence-corrected chi connectivity index (χ0v) is 37.7. The van der Waals surface area contributed by atoms with Crippen molar-refractivity contribution < 1.29 is 47.7 Å². The summed E-state index contributed by atoms with van der Waals surface area (Å²) in [5, 5.41) is 5.13. The van der Waals surface area contributed by atoms with Crippen LogP contribution >= 0.6 is 11.8 Å². The van der Waals surface area contributed by atoms with Crippen molar-refractivity contribution in [1.29, 1.82) is 0 Å². The van der Waals surface area contributed by atoms with Gasteiger partial charge in [0.1, 0.15) is 41.3 Å². The molecule has 0 saturated carbocycles. The van der Waals surface area contributed by atoms with Crippen LogP contribution in [0.15, 0.2) is 84.1 Å². The van der Waals surface area contributed by atoms with E-state index in [2.05, 4.69) is 20.6 Å². The van der Waals surface area contributed by atoms with Crippen LogP contribution in [0, 0.1) is 0 Å². The zero-order chi connectivity index (χ0) is 46.5. The molecule has 5 aromatic rings. The Morgan fingerprint density at radius 3 is 2.25 bits per heavy atom. The molecule has 19 nitrogen and oxygen atoms in total. The van der Waals surface area contributed by atoms with Crippen LogP contribution in [-0.4, -0.2) is 143 Å². The molecule has 4 N–H and O–H groups in total. The Morgan fingerprint density at radius 1 is 0.806 bits per heavy atom. The maximum Gasteiger partial charge on any atom is 0.256 e. The minimum atomic E-state index is -0.639. The number of aromatic nitrogens is 4. The van der Waals surface area contributed by atoms with Crippen LogP contribution < -0.4 is 16.4 Å². The fourth-order valence-corrected chi connectivity index (χ4v) is 9.23. The lowest BCUT2D eigenvalue weighted by molar-refractivity contribution is -0.138. The van der Waals surface area contributed by atoms with E-state index in [0.717, 1.165) is 28.9 Å². The molecule has 6 heterocycles. The van der Waals surface area contributed by atoms with Crippen molar-refractivity contribution in [2.75, 3.05) is 89.4 Å². The fraction of sp³-hybridized carbons (Fsp3) is 0.404. The van der Waals surface area contributed by atoms with Crippen molar-refractivity contribution in [3.8, 4) is 11.3 Å². The van der Waals surface area contributed by atoms with Crippen LogP contribution in [0.1, 0.15) is 63.8 Å². The van der Waals surface area contributed by atoms with E-state index in [9.17, 15) is 24.0 Å². The lowest BCUT2D eigenvalue weighted by atomic mass is 10.0. The number of carbonyl (C=O) groups is 5. The van der Waals surface area contributed by atoms with E-state index in [1.807, 2.05) is 28.7 Å². The molecule has 2 atom stereocenters. The Morgan fingerprint density at radius 2 is 1.54 bits per heavy atom. The van der Waals surface area contributed by atoms with Crippen LogP contribution in [0.2, 0.25) is 0 Å². The van der Waals surface area contributed by atoms with Crippen LogP contribution in [0.4, 0.5) is 11.6 Å². The van der Waals surface area contributed by atoms with Gasteiger partial charge in [0.25, 0.3) is 11.8 Å². The summed E-state index contributed by atoms with van der Waals surface area (Å²) in [4.78, 5) is 81.1. The number of hydrogen-bond donors (Lipinski definition) is 3. The van der Waals surface area contributed by atoms with Crippen molar-refractivity contribution in [2.45, 2.75) is 49.2 Å². The number of rotatable bonds is 23. The summed E-state index contributed by atoms with van der Waals surface area (Å²) in [6.45, 7) is 4.30. The Labute approximate surface area is 391 Å². The number of hydrogen-bond acceptors (Lipinski definition) is 15. The number of benzene rings is 2. The number of amides is 5. The monoisotopic (exact) mass is 935 g/mol. The third-order valence-electron chi connectivity index (χ3n) is 11.5. The Hall–Kier alpha value is -6.29. The summed E-state index contributed by atoms with van der Waals surface area (Å²) in [6.07, 6.45) is 7.10. The maximum atomic E-state index is 13.4. The average Bonchev–Trinajstić information content (AvgIpc) is 4.07. The molecule has 0 spiro atoms. The first kappa shape index (κ1) is 47.2. The highest BCUT2D eigenvalue weighted by molar-refractivity contribution is 7.99. The van der Waals surface area contributed by atoms with Gasteiger partial charge in [-0.2, -0.15) is 0 Å². The van der Waals surface area contributed by atoms with Gasteiger partial charge in [-0.05, 0) is 61.2 Å². The quantitative estimate of drug-likeness (QED) is 0.0479. The van der Waals surface area contributed by atoms with Gasteiger partial charge in [-0.15, -0.1) is 11.8 Å². The van der Waals surface area contributed by atoms with Gasteiger partial charge in [0.15, 0.2) is 0 Å². The van der Waals surface area contributed by atoms with E-state index in [1.165, 1.54) is 0 Å². The van der Waals surface area contributed by atoms with Crippen molar-refractivity contribution in [2.24, 2.45) is 0 Å². The molecule has 2 fully saturated rings. The van der Waals surface area contributed by atoms with Gasteiger partial charge in [-0.25, -0.2) is 15.0 Å². The zero-order valence-electron chi connectivity index (χ0n) is 36.9. The molecule has 3 aliphatic heterocycles. The van der Waals surface area contributed by atoms with Gasteiger partial charge in [0.05, 0.1) is 65.5 Å². The first-order valence-electron chi connectivity index (χ1n) is 22.3. The van der Waals surface area contributed by atoms with Crippen molar-refractivity contribution in [3.63, 3.8) is 0 Å². The summed E-state index contributed by atoms with van der Waals surface area (Å²) in [5.74, 6) is 0.773. The number of pyridine rings is 1. The number of nitrogens with two attached hydrogens (primary N) is 1. The van der Waals surface area contributed by atoms with Gasteiger partial charge in [-0.3, -0.25) is 33.7 Å². The molecule has 0 bridgehead atoms. The molecule has 1 unspecified atom stereocenters. The highest BCUT2D eigenvalue weighted by Crippen LogP contribution is 2.37. The Kier molecular flexibility index (Phi) is 16.2. The number of imidazole rings is 1. The molecular formula is C47H53N9O10S. The number of nitrogens with one attached hydrogen (secondary N) is 2. The van der Waals surface area contributed by atoms with E-state index in [0.29, 0.717) is 118 Å². The molecule has 0 aliphatic carbocycles. The fourth-order valence-electron chi connectivity index (χ4n) is 8.29. The van der Waals surface area contributed by atoms with E-state index in [4.69, 9.17) is 34.4 Å². The van der Waals surface area contributed by atoms with Crippen molar-refractivity contribution in [3.05, 3.63) is 102 Å². The van der Waals surface area contributed by atoms with E-state index in [1.54, 1.807) is 76.6 Å². The second kappa shape index (κ2) is 22.9. The molecule has 352 valence electrons. The summed E-state index contributed by atoms with van der Waals surface area (Å²) < 4.78 is 30.2. The van der Waals surface area contributed by atoms with Crippen molar-refractivity contribution in [1.82, 2.24) is 34.5 Å². The van der Waals surface area contributed by atoms with E-state index in [-0.39, 0.29) is 49.3 Å². The summed E-state index contributed by atoms with van der Waals surface area (Å²) >= 11 is 1.60. The molecule has 8 rings (SSSR count). The summed E-state index contributed by atoms with van der Waals surface area (Å²) in [5.41, 5.74) is 10.3. The van der Waals surface area contributed by atoms with Gasteiger partial charge in [0.2, 0.25) is 17.7 Å². The van der Waals surface area contributed by atoms with Gasteiger partial charge >= 0.3 is 0 Å². The number of anilines is 2. The maximum absolute atomic E-state index is 13.4. The number of likely N-dealkylation sites (tertiary alicyclic amines) is 1. The lowest BCUT2D eigenvalue weighted by Gasteiger charge is -2.29. The Balaban J connectivity index is 0.674. The first-order chi connectivity index (χ1) is 32.8. The summed E-state index contributed by atoms with van der Waals surface area (Å²) in [7, 11) is 0. The largest absolute Gasteiger partial charge is 0.382 e.